The molecule has 8 nitrogen and oxygen atoms in total. The van der Waals surface area contributed by atoms with Crippen molar-refractivity contribution >= 4 is 34.5 Å². The van der Waals surface area contributed by atoms with Gasteiger partial charge in [-0.05, 0) is 36.6 Å². The van der Waals surface area contributed by atoms with E-state index in [1.54, 1.807) is 0 Å². The fraction of sp³-hybridized carbons (Fsp3) is 0.182. The van der Waals surface area contributed by atoms with E-state index in [-0.39, 0.29) is 39.1 Å². The summed E-state index contributed by atoms with van der Waals surface area (Å²) in [5, 5.41) is 19.1. The zero-order valence-corrected chi connectivity index (χ0v) is 19.5. The van der Waals surface area contributed by atoms with E-state index in [2.05, 4.69) is 15.2 Å². The molecule has 1 aliphatic carbocycles. The van der Waals surface area contributed by atoms with Crippen LogP contribution < -0.4 is 11.2 Å². The van der Waals surface area contributed by atoms with Crippen molar-refractivity contribution in [1.82, 2.24) is 24.3 Å². The number of hydrogen-bond donors (Lipinski definition) is 0. The van der Waals surface area contributed by atoms with Gasteiger partial charge in [0.25, 0.3) is 5.56 Å². The standard InChI is InChI=1S/C22H13Cl2FN6O2S/c23-13-8-14(10-27-9-13)31-21(32)17(12-3-4-16(25)15(24)7-12)18(30(6-5-26)22(31)33)20-29-28-19(34-20)11-1-2-11/h3-4,7-11H,1-2,6H2. The van der Waals surface area contributed by atoms with Crippen LogP contribution >= 0.6 is 34.5 Å². The number of nitrogens with zero attached hydrogens (tertiary/aromatic N) is 6. The maximum absolute atomic E-state index is 13.9. The number of hydrogen-bond acceptors (Lipinski definition) is 7. The molecule has 3 aromatic heterocycles. The minimum absolute atomic E-state index is 0.0234. The Labute approximate surface area is 205 Å². The molecule has 0 amide bonds. The van der Waals surface area contributed by atoms with E-state index in [1.807, 2.05) is 6.07 Å². The highest BCUT2D eigenvalue weighted by Gasteiger charge is 2.30. The Morgan fingerprint density at radius 3 is 2.65 bits per heavy atom. The fourth-order valence-electron chi connectivity index (χ4n) is 3.58. The van der Waals surface area contributed by atoms with Crippen molar-refractivity contribution in [3.63, 3.8) is 0 Å². The van der Waals surface area contributed by atoms with Gasteiger partial charge in [0.1, 0.15) is 17.4 Å². The Morgan fingerprint density at radius 2 is 1.97 bits per heavy atom. The third-order valence-electron chi connectivity index (χ3n) is 5.30. The first kappa shape index (κ1) is 22.4. The molecular weight excluding hydrogens is 502 g/mol. The molecule has 0 saturated heterocycles. The van der Waals surface area contributed by atoms with Gasteiger partial charge in [-0.3, -0.25) is 14.3 Å². The van der Waals surface area contributed by atoms with Crippen LogP contribution in [-0.2, 0) is 6.54 Å². The third kappa shape index (κ3) is 3.92. The van der Waals surface area contributed by atoms with E-state index in [9.17, 15) is 19.2 Å². The molecule has 0 N–H and O–H groups in total. The normalized spacial score (nSPS) is 13.1. The van der Waals surface area contributed by atoms with Crippen molar-refractivity contribution in [2.45, 2.75) is 25.3 Å². The number of benzene rings is 1. The molecular formula is C22H13Cl2FN6O2S. The Hall–Kier alpha value is -3.39. The van der Waals surface area contributed by atoms with E-state index < -0.39 is 17.1 Å². The highest BCUT2D eigenvalue weighted by Crippen LogP contribution is 2.43. The van der Waals surface area contributed by atoms with Crippen LogP contribution in [0.4, 0.5) is 4.39 Å². The number of halogens is 3. The molecule has 170 valence electrons. The molecule has 1 fully saturated rings. The zero-order chi connectivity index (χ0) is 24.0. The van der Waals surface area contributed by atoms with Gasteiger partial charge in [-0.25, -0.2) is 13.8 Å². The first-order valence-corrected chi connectivity index (χ1v) is 11.6. The van der Waals surface area contributed by atoms with Crippen LogP contribution in [0.15, 0.2) is 46.2 Å². The summed E-state index contributed by atoms with van der Waals surface area (Å²) in [6.07, 6.45) is 4.65. The van der Waals surface area contributed by atoms with E-state index in [0.29, 0.717) is 10.9 Å². The Bertz CT molecular complexity index is 1600. The molecule has 1 saturated carbocycles. The molecule has 0 unspecified atom stereocenters. The van der Waals surface area contributed by atoms with Gasteiger partial charge in [-0.1, -0.05) is 40.6 Å². The number of pyridine rings is 1. The van der Waals surface area contributed by atoms with Crippen LogP contribution in [0.25, 0.3) is 27.5 Å². The maximum atomic E-state index is 13.9. The molecule has 1 aromatic carbocycles. The number of nitriles is 1. The average Bonchev–Trinajstić information content (AvgIpc) is 3.55. The van der Waals surface area contributed by atoms with Crippen molar-refractivity contribution in [2.75, 3.05) is 0 Å². The Morgan fingerprint density at radius 1 is 1.18 bits per heavy atom. The van der Waals surface area contributed by atoms with Gasteiger partial charge in [-0.2, -0.15) is 5.26 Å². The van der Waals surface area contributed by atoms with E-state index >= 15 is 0 Å². The Kier molecular flexibility index (Phi) is 5.77. The summed E-state index contributed by atoms with van der Waals surface area (Å²) in [6.45, 7) is -0.372. The first-order chi connectivity index (χ1) is 16.4. The summed E-state index contributed by atoms with van der Waals surface area (Å²) in [5.74, 6) is -0.368. The fourth-order valence-corrected chi connectivity index (χ4v) is 5.00. The van der Waals surface area contributed by atoms with Crippen LogP contribution in [0, 0.1) is 17.1 Å². The van der Waals surface area contributed by atoms with Crippen molar-refractivity contribution < 1.29 is 4.39 Å². The predicted octanol–water partition coefficient (Wildman–Crippen LogP) is 4.43. The highest BCUT2D eigenvalue weighted by molar-refractivity contribution is 7.14. The summed E-state index contributed by atoms with van der Waals surface area (Å²) >= 11 is 13.3. The van der Waals surface area contributed by atoms with Crippen LogP contribution in [0.3, 0.4) is 0 Å². The van der Waals surface area contributed by atoms with E-state index in [0.717, 1.165) is 33.0 Å². The minimum Gasteiger partial charge on any atom is -0.276 e. The Balaban J connectivity index is 1.90. The molecule has 3 heterocycles. The van der Waals surface area contributed by atoms with E-state index in [1.165, 1.54) is 41.9 Å². The van der Waals surface area contributed by atoms with Gasteiger partial charge in [-0.15, -0.1) is 10.2 Å². The molecule has 5 rings (SSSR count). The lowest BCUT2D eigenvalue weighted by Gasteiger charge is -2.17. The molecule has 4 aromatic rings. The molecule has 0 radical (unpaired) electrons. The molecule has 0 spiro atoms. The summed E-state index contributed by atoms with van der Waals surface area (Å²) in [4.78, 5) is 31.3. The third-order valence-corrected chi connectivity index (χ3v) is 6.89. The van der Waals surface area contributed by atoms with Gasteiger partial charge in [0.2, 0.25) is 0 Å². The second kappa shape index (κ2) is 8.76. The zero-order valence-electron chi connectivity index (χ0n) is 17.2. The lowest BCUT2D eigenvalue weighted by Crippen LogP contribution is -2.40. The SMILES string of the molecule is N#CCn1c(-c2nnc(C3CC3)s2)c(-c2ccc(F)c(Cl)c2)c(=O)n(-c2cncc(Cl)c2)c1=O. The van der Waals surface area contributed by atoms with Gasteiger partial charge in [0.15, 0.2) is 5.01 Å². The van der Waals surface area contributed by atoms with Gasteiger partial charge >= 0.3 is 5.69 Å². The van der Waals surface area contributed by atoms with Crippen molar-refractivity contribution in [1.29, 1.82) is 5.26 Å². The van der Waals surface area contributed by atoms with Gasteiger partial charge in [0, 0.05) is 12.1 Å². The van der Waals surface area contributed by atoms with Crippen molar-refractivity contribution in [3.05, 3.63) is 78.4 Å². The second-order valence-electron chi connectivity index (χ2n) is 7.60. The summed E-state index contributed by atoms with van der Waals surface area (Å²) in [7, 11) is 0. The van der Waals surface area contributed by atoms with Crippen LogP contribution in [0.1, 0.15) is 23.8 Å². The molecule has 34 heavy (non-hydrogen) atoms. The van der Waals surface area contributed by atoms with Crippen LogP contribution in [0.2, 0.25) is 10.0 Å². The second-order valence-corrected chi connectivity index (χ2v) is 9.45. The average molecular weight is 515 g/mol. The predicted molar refractivity (Wildman–Crippen MR) is 126 cm³/mol. The molecule has 12 heteroatoms. The molecule has 1 aliphatic rings. The molecule has 0 bridgehead atoms. The van der Waals surface area contributed by atoms with Gasteiger partial charge < -0.3 is 0 Å². The van der Waals surface area contributed by atoms with Crippen molar-refractivity contribution in [2.24, 2.45) is 0 Å². The van der Waals surface area contributed by atoms with Crippen LogP contribution in [0.5, 0.6) is 0 Å². The first-order valence-electron chi connectivity index (χ1n) is 10.1. The summed E-state index contributed by atoms with van der Waals surface area (Å²) in [6, 6.07) is 7.17. The highest BCUT2D eigenvalue weighted by atomic mass is 35.5. The van der Waals surface area contributed by atoms with E-state index in [4.69, 9.17) is 23.2 Å². The quantitative estimate of drug-likeness (QED) is 0.390. The number of aromatic nitrogens is 5. The lowest BCUT2D eigenvalue weighted by molar-refractivity contribution is 0.628. The molecule has 0 atom stereocenters. The molecule has 0 aliphatic heterocycles. The lowest BCUT2D eigenvalue weighted by atomic mass is 10.0. The minimum atomic E-state index is -0.772. The summed E-state index contributed by atoms with van der Waals surface area (Å²) < 4.78 is 15.9. The smallest absolute Gasteiger partial charge is 0.276 e. The van der Waals surface area contributed by atoms with Crippen LogP contribution in [-0.4, -0.2) is 24.3 Å². The van der Waals surface area contributed by atoms with Crippen molar-refractivity contribution in [3.8, 4) is 33.6 Å². The summed E-state index contributed by atoms with van der Waals surface area (Å²) in [5.41, 5.74) is -0.976. The number of rotatable bonds is 5. The maximum Gasteiger partial charge on any atom is 0.337 e. The topological polar surface area (TPSA) is 106 Å². The monoisotopic (exact) mass is 514 g/mol. The van der Waals surface area contributed by atoms with Gasteiger partial charge in [0.05, 0.1) is 39.3 Å². The largest absolute Gasteiger partial charge is 0.337 e.